The lowest BCUT2D eigenvalue weighted by Gasteiger charge is -2.14. The molecule has 0 amide bonds. The van der Waals surface area contributed by atoms with Gasteiger partial charge in [-0.2, -0.15) is 0 Å². The van der Waals surface area contributed by atoms with E-state index in [1.165, 1.54) is 5.56 Å². The van der Waals surface area contributed by atoms with E-state index >= 15 is 0 Å². The number of benzene rings is 8. The van der Waals surface area contributed by atoms with Crippen LogP contribution in [0.2, 0.25) is 0 Å². The molecule has 0 fully saturated rings. The van der Waals surface area contributed by atoms with Crippen molar-refractivity contribution in [2.24, 2.45) is 0 Å². The molecule has 0 unspecified atom stereocenters. The third-order valence-electron chi connectivity index (χ3n) is 11.8. The zero-order chi connectivity index (χ0) is 41.0. The molecule has 0 saturated carbocycles. The lowest BCUT2D eigenvalue weighted by Crippen LogP contribution is -1.97. The minimum absolute atomic E-state index is 0.636. The molecule has 0 N–H and O–H groups in total. The molecule has 0 aliphatic carbocycles. The lowest BCUT2D eigenvalue weighted by molar-refractivity contribution is 0.670. The zero-order valence-electron chi connectivity index (χ0n) is 33.4. The van der Waals surface area contributed by atoms with E-state index in [0.717, 1.165) is 111 Å². The Bertz CT molecular complexity index is 3380. The van der Waals surface area contributed by atoms with Crippen LogP contribution in [0.3, 0.4) is 0 Å². The molecule has 5 heteroatoms. The van der Waals surface area contributed by atoms with E-state index in [1.54, 1.807) is 0 Å². The smallest absolute Gasteiger partial charge is 0.160 e. The van der Waals surface area contributed by atoms with Gasteiger partial charge in [0, 0.05) is 61.8 Å². The van der Waals surface area contributed by atoms with Crippen LogP contribution in [0.4, 0.5) is 0 Å². The van der Waals surface area contributed by atoms with Crippen LogP contribution in [-0.4, -0.2) is 15.0 Å². The van der Waals surface area contributed by atoms with Gasteiger partial charge in [0.15, 0.2) is 5.82 Å². The van der Waals surface area contributed by atoms with E-state index in [9.17, 15) is 0 Å². The van der Waals surface area contributed by atoms with Gasteiger partial charge in [-0.25, -0.2) is 9.97 Å². The van der Waals surface area contributed by atoms with Gasteiger partial charge in [0.1, 0.15) is 22.3 Å². The van der Waals surface area contributed by atoms with Crippen LogP contribution >= 0.6 is 0 Å². The minimum atomic E-state index is 0.636. The second-order valence-corrected chi connectivity index (χ2v) is 15.6. The summed E-state index contributed by atoms with van der Waals surface area (Å²) >= 11 is 0. The van der Waals surface area contributed by atoms with Gasteiger partial charge in [0.25, 0.3) is 0 Å². The van der Waals surface area contributed by atoms with Gasteiger partial charge in [-0.15, -0.1) is 0 Å². The van der Waals surface area contributed by atoms with E-state index in [2.05, 4.69) is 163 Å². The molecular formula is C57H35N3O2. The number of furan rings is 2. The van der Waals surface area contributed by atoms with E-state index in [0.29, 0.717) is 5.82 Å². The first-order valence-electron chi connectivity index (χ1n) is 20.7. The number of fused-ring (bicyclic) bond motifs is 6. The van der Waals surface area contributed by atoms with Crippen LogP contribution in [-0.2, 0) is 0 Å². The lowest BCUT2D eigenvalue weighted by atomic mass is 9.93. The molecule has 12 rings (SSSR count). The average Bonchev–Trinajstić information content (AvgIpc) is 3.93. The molecule has 4 heterocycles. The standard InChI is InChI=1S/C57H35N3O2/c1-2-10-36(11-3-1)37-20-24-40(25-21-37)51-35-52(60-57(59-51)41-26-22-38(23-27-41)39-28-30-58-31-29-39)44-33-42(45-14-8-16-49-47-12-4-6-18-53(47)61-55(45)49)32-43(34-44)46-15-9-17-50-48-13-5-7-19-54(48)62-56(46)50/h1-35H. The van der Waals surface area contributed by atoms with Gasteiger partial charge in [-0.3, -0.25) is 4.98 Å². The van der Waals surface area contributed by atoms with Crippen molar-refractivity contribution in [1.29, 1.82) is 0 Å². The first-order valence-corrected chi connectivity index (χ1v) is 20.7. The second kappa shape index (κ2) is 14.7. The number of rotatable bonds is 7. The molecule has 0 bridgehead atoms. The van der Waals surface area contributed by atoms with Crippen LogP contribution in [0.5, 0.6) is 0 Å². The SMILES string of the molecule is c1ccc(-c2ccc(-c3cc(-c4cc(-c5cccc6c5oc5ccccc56)cc(-c5cccc6c5oc5ccccc56)c4)nc(-c4ccc(-c5ccncc5)cc4)n3)cc2)cc1. The maximum Gasteiger partial charge on any atom is 0.160 e. The van der Waals surface area contributed by atoms with E-state index < -0.39 is 0 Å². The minimum Gasteiger partial charge on any atom is -0.455 e. The summed E-state index contributed by atoms with van der Waals surface area (Å²) < 4.78 is 13.3. The fraction of sp³-hybridized carbons (Fsp3) is 0. The fourth-order valence-corrected chi connectivity index (χ4v) is 8.73. The summed E-state index contributed by atoms with van der Waals surface area (Å²) in [6.07, 6.45) is 3.63. The fourth-order valence-electron chi connectivity index (χ4n) is 8.73. The number of para-hydroxylation sites is 4. The highest BCUT2D eigenvalue weighted by atomic mass is 16.3. The first-order chi connectivity index (χ1) is 30.7. The van der Waals surface area contributed by atoms with Crippen molar-refractivity contribution in [2.75, 3.05) is 0 Å². The van der Waals surface area contributed by atoms with Gasteiger partial charge >= 0.3 is 0 Å². The van der Waals surface area contributed by atoms with Crippen molar-refractivity contribution in [3.8, 4) is 78.4 Å². The van der Waals surface area contributed by atoms with Crippen LogP contribution in [0, 0.1) is 0 Å². The third kappa shape index (κ3) is 6.23. The van der Waals surface area contributed by atoms with E-state index in [4.69, 9.17) is 18.8 Å². The molecule has 0 spiro atoms. The third-order valence-corrected chi connectivity index (χ3v) is 11.8. The zero-order valence-corrected chi connectivity index (χ0v) is 33.4. The average molecular weight is 794 g/mol. The largest absolute Gasteiger partial charge is 0.455 e. The molecule has 8 aromatic carbocycles. The van der Waals surface area contributed by atoms with E-state index in [1.807, 2.05) is 54.9 Å². The summed E-state index contributed by atoms with van der Waals surface area (Å²) in [4.78, 5) is 14.8. The first kappa shape index (κ1) is 35.5. The summed E-state index contributed by atoms with van der Waals surface area (Å²) in [5.74, 6) is 0.636. The highest BCUT2D eigenvalue weighted by molar-refractivity contribution is 6.11. The highest BCUT2D eigenvalue weighted by Crippen LogP contribution is 2.42. The number of nitrogens with zero attached hydrogens (tertiary/aromatic N) is 3. The summed E-state index contributed by atoms with van der Waals surface area (Å²) in [5.41, 5.74) is 16.4. The Hall–Kier alpha value is -8.41. The summed E-state index contributed by atoms with van der Waals surface area (Å²) in [6.45, 7) is 0. The van der Waals surface area contributed by atoms with Crippen molar-refractivity contribution >= 4 is 43.9 Å². The van der Waals surface area contributed by atoms with Gasteiger partial charge in [-0.1, -0.05) is 152 Å². The molecule has 12 aromatic rings. The molecule has 0 radical (unpaired) electrons. The van der Waals surface area contributed by atoms with Gasteiger partial charge in [0.2, 0.25) is 0 Å². The number of aromatic nitrogens is 3. The molecular weight excluding hydrogens is 759 g/mol. The molecule has 4 aromatic heterocycles. The predicted octanol–water partition coefficient (Wildman–Crippen LogP) is 15.3. The Morgan fingerprint density at radius 3 is 1.31 bits per heavy atom. The maximum absolute atomic E-state index is 6.63. The van der Waals surface area contributed by atoms with Crippen molar-refractivity contribution in [3.63, 3.8) is 0 Å². The Balaban J connectivity index is 1.08. The topological polar surface area (TPSA) is 65.0 Å². The molecule has 0 aliphatic heterocycles. The monoisotopic (exact) mass is 793 g/mol. The quantitative estimate of drug-likeness (QED) is 0.161. The van der Waals surface area contributed by atoms with Crippen LogP contribution in [0.1, 0.15) is 0 Å². The van der Waals surface area contributed by atoms with Crippen LogP contribution in [0.25, 0.3) is 122 Å². The number of hydrogen-bond acceptors (Lipinski definition) is 5. The molecule has 0 saturated heterocycles. The highest BCUT2D eigenvalue weighted by Gasteiger charge is 2.19. The molecule has 0 atom stereocenters. The molecule has 0 aliphatic rings. The van der Waals surface area contributed by atoms with E-state index in [-0.39, 0.29) is 0 Å². The van der Waals surface area contributed by atoms with Crippen LogP contribution in [0.15, 0.2) is 221 Å². The number of hydrogen-bond donors (Lipinski definition) is 0. The molecule has 62 heavy (non-hydrogen) atoms. The second-order valence-electron chi connectivity index (χ2n) is 15.6. The molecule has 5 nitrogen and oxygen atoms in total. The number of pyridine rings is 1. The summed E-state index contributed by atoms with van der Waals surface area (Å²) in [5, 5.41) is 4.33. The Labute approximate surface area is 357 Å². The van der Waals surface area contributed by atoms with Crippen molar-refractivity contribution in [3.05, 3.63) is 213 Å². The maximum atomic E-state index is 6.63. The van der Waals surface area contributed by atoms with Crippen LogP contribution < -0.4 is 0 Å². The summed E-state index contributed by atoms with van der Waals surface area (Å²) in [7, 11) is 0. The Morgan fingerprint density at radius 2 is 0.726 bits per heavy atom. The van der Waals surface area contributed by atoms with Crippen molar-refractivity contribution in [2.45, 2.75) is 0 Å². The summed E-state index contributed by atoms with van der Waals surface area (Å²) in [6, 6.07) is 69.6. The van der Waals surface area contributed by atoms with Gasteiger partial charge < -0.3 is 8.83 Å². The predicted molar refractivity (Wildman–Crippen MR) is 252 cm³/mol. The normalized spacial score (nSPS) is 11.5. The van der Waals surface area contributed by atoms with Crippen molar-refractivity contribution in [1.82, 2.24) is 15.0 Å². The molecule has 290 valence electrons. The Morgan fingerprint density at radius 1 is 0.290 bits per heavy atom. The Kier molecular flexibility index (Phi) is 8.42. The van der Waals surface area contributed by atoms with Gasteiger partial charge in [-0.05, 0) is 81.9 Å². The van der Waals surface area contributed by atoms with Gasteiger partial charge in [0.05, 0.1) is 11.4 Å². The van der Waals surface area contributed by atoms with Crippen molar-refractivity contribution < 1.29 is 8.83 Å².